The summed E-state index contributed by atoms with van der Waals surface area (Å²) < 4.78 is 5.89. The Hall–Kier alpha value is -2.08. The molecule has 0 saturated carbocycles. The molecule has 0 amide bonds. The van der Waals surface area contributed by atoms with E-state index in [1.54, 1.807) is 6.20 Å². The van der Waals surface area contributed by atoms with E-state index in [0.717, 1.165) is 17.5 Å². The molecule has 0 saturated heterocycles. The lowest BCUT2D eigenvalue weighted by molar-refractivity contribution is 0.319. The minimum atomic E-state index is 0.358. The zero-order chi connectivity index (χ0) is 13.8. The fraction of sp³-hybridized carbons (Fsp3) is 0.231. The molecule has 6 heteroatoms. The molecule has 1 aromatic carbocycles. The van der Waals surface area contributed by atoms with Crippen LogP contribution in [-0.2, 0) is 0 Å². The summed E-state index contributed by atoms with van der Waals surface area (Å²) in [5.74, 6) is 1.16. The molecule has 0 atom stereocenters. The summed E-state index contributed by atoms with van der Waals surface area (Å²) in [7, 11) is 0. The number of aromatic amines is 1. The second-order valence-corrected chi connectivity index (χ2v) is 4.50. The number of rotatable bonds is 4. The van der Waals surface area contributed by atoms with E-state index in [-0.39, 0.29) is 0 Å². The van der Waals surface area contributed by atoms with E-state index in [0.29, 0.717) is 28.6 Å². The van der Waals surface area contributed by atoms with Gasteiger partial charge in [-0.15, -0.1) is 0 Å². The molecule has 5 N–H and O–H groups in total. The first-order chi connectivity index (χ1) is 9.11. The third kappa shape index (κ3) is 3.03. The third-order valence-electron chi connectivity index (χ3n) is 2.63. The first-order valence-corrected chi connectivity index (χ1v) is 6.40. The van der Waals surface area contributed by atoms with Crippen molar-refractivity contribution in [1.29, 1.82) is 0 Å². The van der Waals surface area contributed by atoms with E-state index < -0.39 is 0 Å². The van der Waals surface area contributed by atoms with Gasteiger partial charge in [0.25, 0.3) is 0 Å². The fourth-order valence-electron chi connectivity index (χ4n) is 1.70. The van der Waals surface area contributed by atoms with Crippen molar-refractivity contribution >= 4 is 23.7 Å². The van der Waals surface area contributed by atoms with Gasteiger partial charge in [-0.2, -0.15) is 0 Å². The molecular weight excluding hydrogens is 260 g/mol. The van der Waals surface area contributed by atoms with Gasteiger partial charge in [0.05, 0.1) is 12.3 Å². The van der Waals surface area contributed by atoms with Crippen molar-refractivity contribution in [2.75, 3.05) is 18.1 Å². The average Bonchev–Trinajstić information content (AvgIpc) is 2.37. The standard InChI is InChI=1S/C13H16N4OS/c1-2-5-18-11-4-3-8(6-10(11)14)9-7-16-13(19)17-12(9)15/h3-4,6-7H,2,5,14H2,1H3,(H3,15,16,17,19). The molecule has 5 nitrogen and oxygen atoms in total. The zero-order valence-electron chi connectivity index (χ0n) is 10.6. The largest absolute Gasteiger partial charge is 0.491 e. The molecule has 2 rings (SSSR count). The van der Waals surface area contributed by atoms with Crippen molar-refractivity contribution in [3.63, 3.8) is 0 Å². The second-order valence-electron chi connectivity index (χ2n) is 4.12. The Morgan fingerprint density at radius 2 is 2.16 bits per heavy atom. The highest BCUT2D eigenvalue weighted by Gasteiger charge is 2.07. The SMILES string of the molecule is CCCOc1ccc(-c2cnc(=S)[nH]c2N)cc1N. The van der Waals surface area contributed by atoms with Crippen LogP contribution in [0.25, 0.3) is 11.1 Å². The van der Waals surface area contributed by atoms with Crippen molar-refractivity contribution in [3.05, 3.63) is 29.2 Å². The summed E-state index contributed by atoms with van der Waals surface area (Å²) in [5.41, 5.74) is 14.1. The van der Waals surface area contributed by atoms with Crippen LogP contribution in [0.2, 0.25) is 0 Å². The number of benzene rings is 1. The number of nitrogens with zero attached hydrogens (tertiary/aromatic N) is 1. The Labute approximate surface area is 116 Å². The van der Waals surface area contributed by atoms with Crippen LogP contribution in [-0.4, -0.2) is 16.6 Å². The van der Waals surface area contributed by atoms with Crippen molar-refractivity contribution < 1.29 is 4.74 Å². The zero-order valence-corrected chi connectivity index (χ0v) is 11.5. The van der Waals surface area contributed by atoms with Gasteiger partial charge in [-0.25, -0.2) is 4.98 Å². The number of nitrogen functional groups attached to an aromatic ring is 2. The van der Waals surface area contributed by atoms with Gasteiger partial charge in [0.15, 0.2) is 4.77 Å². The number of nitrogens with one attached hydrogen (secondary N) is 1. The van der Waals surface area contributed by atoms with Gasteiger partial charge in [0, 0.05) is 11.8 Å². The van der Waals surface area contributed by atoms with Gasteiger partial charge in [-0.1, -0.05) is 13.0 Å². The molecule has 19 heavy (non-hydrogen) atoms. The number of hydrogen-bond donors (Lipinski definition) is 3. The smallest absolute Gasteiger partial charge is 0.198 e. The molecule has 0 fully saturated rings. The summed E-state index contributed by atoms with van der Waals surface area (Å²) in [4.78, 5) is 6.84. The Bertz CT molecular complexity index is 639. The number of aromatic nitrogens is 2. The molecule has 0 spiro atoms. The van der Waals surface area contributed by atoms with Crippen LogP contribution in [0, 0.1) is 4.77 Å². The first kappa shape index (κ1) is 13.4. The average molecular weight is 276 g/mol. The highest BCUT2D eigenvalue weighted by molar-refractivity contribution is 7.71. The molecule has 0 bridgehead atoms. The maximum atomic E-state index is 5.96. The fourth-order valence-corrected chi connectivity index (χ4v) is 1.86. The van der Waals surface area contributed by atoms with Crippen LogP contribution in [0.15, 0.2) is 24.4 Å². The summed E-state index contributed by atoms with van der Waals surface area (Å²) in [5, 5.41) is 0. The Morgan fingerprint density at radius 3 is 2.79 bits per heavy atom. The summed E-state index contributed by atoms with van der Waals surface area (Å²) in [6.45, 7) is 2.69. The molecular formula is C13H16N4OS. The van der Waals surface area contributed by atoms with Crippen LogP contribution >= 0.6 is 12.2 Å². The Morgan fingerprint density at radius 1 is 1.37 bits per heavy atom. The summed E-state index contributed by atoms with van der Waals surface area (Å²) in [6, 6.07) is 5.54. The minimum Gasteiger partial charge on any atom is -0.491 e. The predicted octanol–water partition coefficient (Wildman–Crippen LogP) is 2.76. The maximum absolute atomic E-state index is 5.96. The third-order valence-corrected chi connectivity index (χ3v) is 2.83. The van der Waals surface area contributed by atoms with Gasteiger partial charge in [-0.05, 0) is 36.3 Å². The Kier molecular flexibility index (Phi) is 4.01. The quantitative estimate of drug-likeness (QED) is 0.590. The van der Waals surface area contributed by atoms with Crippen LogP contribution in [0.4, 0.5) is 11.5 Å². The highest BCUT2D eigenvalue weighted by atomic mass is 32.1. The van der Waals surface area contributed by atoms with Gasteiger partial charge >= 0.3 is 0 Å². The van der Waals surface area contributed by atoms with Crippen molar-refractivity contribution in [2.24, 2.45) is 0 Å². The molecule has 100 valence electrons. The lowest BCUT2D eigenvalue weighted by Crippen LogP contribution is -2.00. The molecule has 0 radical (unpaired) electrons. The van der Waals surface area contributed by atoms with Crippen molar-refractivity contribution in [2.45, 2.75) is 13.3 Å². The monoisotopic (exact) mass is 276 g/mol. The van der Waals surface area contributed by atoms with E-state index in [2.05, 4.69) is 9.97 Å². The molecule has 0 aliphatic rings. The number of H-pyrrole nitrogens is 1. The normalized spacial score (nSPS) is 10.4. The van der Waals surface area contributed by atoms with Crippen molar-refractivity contribution in [3.8, 4) is 16.9 Å². The maximum Gasteiger partial charge on any atom is 0.198 e. The minimum absolute atomic E-state index is 0.358. The lowest BCUT2D eigenvalue weighted by atomic mass is 10.1. The van der Waals surface area contributed by atoms with Gasteiger partial charge in [0.1, 0.15) is 11.6 Å². The first-order valence-electron chi connectivity index (χ1n) is 5.99. The number of ether oxygens (including phenoxy) is 1. The van der Waals surface area contributed by atoms with E-state index >= 15 is 0 Å². The number of nitrogens with two attached hydrogens (primary N) is 2. The van der Waals surface area contributed by atoms with Crippen LogP contribution < -0.4 is 16.2 Å². The molecule has 0 aliphatic heterocycles. The van der Waals surface area contributed by atoms with Crippen LogP contribution in [0.1, 0.15) is 13.3 Å². The lowest BCUT2D eigenvalue weighted by Gasteiger charge is -2.10. The topological polar surface area (TPSA) is 89.9 Å². The highest BCUT2D eigenvalue weighted by Crippen LogP contribution is 2.30. The van der Waals surface area contributed by atoms with E-state index in [1.807, 2.05) is 25.1 Å². The molecule has 1 aromatic heterocycles. The van der Waals surface area contributed by atoms with Gasteiger partial charge < -0.3 is 21.2 Å². The molecule has 0 aliphatic carbocycles. The van der Waals surface area contributed by atoms with E-state index in [4.69, 9.17) is 28.4 Å². The number of hydrogen-bond acceptors (Lipinski definition) is 5. The van der Waals surface area contributed by atoms with Crippen molar-refractivity contribution in [1.82, 2.24) is 9.97 Å². The summed E-state index contributed by atoms with van der Waals surface area (Å²) in [6.07, 6.45) is 2.57. The second kappa shape index (κ2) is 5.71. The predicted molar refractivity (Wildman–Crippen MR) is 79.5 cm³/mol. The van der Waals surface area contributed by atoms with Crippen LogP contribution in [0.3, 0.4) is 0 Å². The van der Waals surface area contributed by atoms with Gasteiger partial charge in [-0.3, -0.25) is 0 Å². The molecule has 1 heterocycles. The molecule has 0 unspecified atom stereocenters. The van der Waals surface area contributed by atoms with E-state index in [9.17, 15) is 0 Å². The Balaban J connectivity index is 2.36. The summed E-state index contributed by atoms with van der Waals surface area (Å²) >= 11 is 4.91. The van der Waals surface area contributed by atoms with Crippen LogP contribution in [0.5, 0.6) is 5.75 Å². The van der Waals surface area contributed by atoms with E-state index in [1.165, 1.54) is 0 Å². The molecule has 2 aromatic rings. The number of anilines is 2. The van der Waals surface area contributed by atoms with Gasteiger partial charge in [0.2, 0.25) is 0 Å².